The number of quaternary nitrogens is 1. The molecule has 0 aliphatic heterocycles. The fourth-order valence-electron chi connectivity index (χ4n) is 4.72. The number of unbranched alkanes of at least 4 members (excludes halogenated alkanes) is 11. The molecule has 0 radical (unpaired) electrons. The lowest BCUT2D eigenvalue weighted by atomic mass is 10.1. The van der Waals surface area contributed by atoms with E-state index in [1.165, 1.54) is 70.6 Å². The van der Waals surface area contributed by atoms with Crippen LogP contribution in [0, 0.1) is 0 Å². The molecule has 0 bridgehead atoms. The maximum absolute atomic E-state index is 12.4. The second-order valence-corrected chi connectivity index (χ2v) is 15.0. The predicted molar refractivity (Wildman–Crippen MR) is 181 cm³/mol. The zero-order chi connectivity index (χ0) is 32.6. The lowest BCUT2D eigenvalue weighted by Crippen LogP contribution is -2.51. The van der Waals surface area contributed by atoms with Crippen molar-refractivity contribution in [2.24, 2.45) is 0 Å². The molecule has 0 spiro atoms. The first kappa shape index (κ1) is 42.0. The van der Waals surface area contributed by atoms with E-state index < -0.39 is 6.10 Å². The van der Waals surface area contributed by atoms with Gasteiger partial charge in [-0.2, -0.15) is 0 Å². The van der Waals surface area contributed by atoms with Crippen molar-refractivity contribution in [2.75, 3.05) is 53.6 Å². The van der Waals surface area contributed by atoms with Crippen molar-refractivity contribution in [3.63, 3.8) is 0 Å². The Morgan fingerprint density at radius 3 is 1.84 bits per heavy atom. The second kappa shape index (κ2) is 24.3. The first-order valence-corrected chi connectivity index (χ1v) is 17.4. The molecule has 0 saturated carbocycles. The maximum Gasteiger partial charge on any atom is 0.220 e. The molecule has 7 heteroatoms. The van der Waals surface area contributed by atoms with Gasteiger partial charge in [0.15, 0.2) is 0 Å². The zero-order valence-electron chi connectivity index (χ0n) is 30.0. The van der Waals surface area contributed by atoms with E-state index in [0.717, 1.165) is 19.4 Å². The zero-order valence-corrected chi connectivity index (χ0v) is 30.0. The number of carbonyl (C=O) groups is 1. The van der Waals surface area contributed by atoms with Crippen molar-refractivity contribution < 1.29 is 28.6 Å². The largest absolute Gasteiger partial charge is 0.388 e. The number of allylic oxidation sites excluding steroid dienone is 2. The molecule has 0 rings (SSSR count). The van der Waals surface area contributed by atoms with E-state index in [1.807, 2.05) is 41.5 Å². The molecule has 2 atom stereocenters. The molecule has 0 aliphatic carbocycles. The summed E-state index contributed by atoms with van der Waals surface area (Å²) >= 11 is 0. The monoisotopic (exact) mass is 614 g/mol. The number of amides is 1. The smallest absolute Gasteiger partial charge is 0.220 e. The van der Waals surface area contributed by atoms with E-state index in [4.69, 9.17) is 14.2 Å². The van der Waals surface area contributed by atoms with Gasteiger partial charge in [-0.15, -0.1) is 0 Å². The van der Waals surface area contributed by atoms with Gasteiger partial charge in [0.05, 0.1) is 58.2 Å². The van der Waals surface area contributed by atoms with Crippen molar-refractivity contribution in [3.05, 3.63) is 12.2 Å². The van der Waals surface area contributed by atoms with Gasteiger partial charge in [-0.1, -0.05) is 70.4 Å². The Bertz CT molecular complexity index is 697. The quantitative estimate of drug-likeness (QED) is 0.0567. The molecule has 2 unspecified atom stereocenters. The Labute approximate surface area is 267 Å². The summed E-state index contributed by atoms with van der Waals surface area (Å²) in [5.74, 6) is 0.142. The molecular weight excluding hydrogens is 540 g/mol. The molecule has 1 amide bonds. The van der Waals surface area contributed by atoms with Crippen LogP contribution < -0.4 is 5.32 Å². The Kier molecular flexibility index (Phi) is 23.7. The van der Waals surface area contributed by atoms with Crippen LogP contribution in [0.4, 0.5) is 0 Å². The fraction of sp³-hybridized carbons (Fsp3) is 0.917. The minimum atomic E-state index is -0.692. The van der Waals surface area contributed by atoms with E-state index in [2.05, 4.69) is 38.5 Å². The summed E-state index contributed by atoms with van der Waals surface area (Å²) in [7, 11) is 4.28. The van der Waals surface area contributed by atoms with Crippen LogP contribution in [-0.4, -0.2) is 92.5 Å². The van der Waals surface area contributed by atoms with Crippen LogP contribution in [0.2, 0.25) is 0 Å². The van der Waals surface area contributed by atoms with Crippen LogP contribution in [0.3, 0.4) is 0 Å². The number of ether oxygens (including phenoxy) is 3. The molecule has 7 nitrogen and oxygen atoms in total. The number of carbonyl (C=O) groups excluding carboxylic acids is 1. The minimum absolute atomic E-state index is 0.142. The van der Waals surface area contributed by atoms with Crippen LogP contribution in [0.25, 0.3) is 0 Å². The number of likely N-dealkylation sites (N-methyl/N-ethyl adjacent to an activating group) is 1. The van der Waals surface area contributed by atoms with Gasteiger partial charge in [-0.05, 0) is 73.6 Å². The topological polar surface area (TPSA) is 77.0 Å². The highest BCUT2D eigenvalue weighted by Crippen LogP contribution is 2.13. The first-order valence-electron chi connectivity index (χ1n) is 17.4. The standard InChI is InChI=1S/C36H72N2O5/c1-10-11-12-13-14-15-16-17-18-19-20-21-22-23-24-25-34(40)37-26-27-38(8,9)28-33(31-43-36(5,6)7)41-29-32(39)30-42-35(2,3)4/h17-18,32-33,39H,10-16,19-31H2,1-9H3/p+1/b18-17-. The van der Waals surface area contributed by atoms with E-state index >= 15 is 0 Å². The van der Waals surface area contributed by atoms with Crippen LogP contribution in [-0.2, 0) is 19.0 Å². The van der Waals surface area contributed by atoms with E-state index in [0.29, 0.717) is 30.6 Å². The third-order valence-electron chi connectivity index (χ3n) is 7.34. The third-order valence-corrected chi connectivity index (χ3v) is 7.34. The number of rotatable bonds is 27. The summed E-state index contributed by atoms with van der Waals surface area (Å²) in [6.07, 6.45) is 20.9. The molecule has 0 saturated heterocycles. The van der Waals surface area contributed by atoms with Gasteiger partial charge in [0.2, 0.25) is 5.91 Å². The molecule has 0 aromatic heterocycles. The van der Waals surface area contributed by atoms with Crippen molar-refractivity contribution in [3.8, 4) is 0 Å². The first-order chi connectivity index (χ1) is 20.1. The highest BCUT2D eigenvalue weighted by atomic mass is 16.6. The highest BCUT2D eigenvalue weighted by Gasteiger charge is 2.26. The third kappa shape index (κ3) is 30.8. The van der Waals surface area contributed by atoms with E-state index in [-0.39, 0.29) is 36.4 Å². The number of nitrogens with zero attached hydrogens (tertiary/aromatic N) is 1. The number of nitrogens with one attached hydrogen (secondary N) is 1. The minimum Gasteiger partial charge on any atom is -0.388 e. The molecule has 0 aliphatic rings. The second-order valence-electron chi connectivity index (χ2n) is 15.0. The maximum atomic E-state index is 12.4. The van der Waals surface area contributed by atoms with Gasteiger partial charge in [-0.3, -0.25) is 4.79 Å². The summed E-state index contributed by atoms with van der Waals surface area (Å²) in [6, 6.07) is 0. The molecule has 43 heavy (non-hydrogen) atoms. The van der Waals surface area contributed by atoms with Gasteiger partial charge in [0.1, 0.15) is 18.8 Å². The number of aliphatic hydroxyl groups is 1. The highest BCUT2D eigenvalue weighted by molar-refractivity contribution is 5.75. The fourth-order valence-corrected chi connectivity index (χ4v) is 4.72. The Morgan fingerprint density at radius 2 is 1.28 bits per heavy atom. The number of hydrogen-bond acceptors (Lipinski definition) is 5. The Morgan fingerprint density at radius 1 is 0.767 bits per heavy atom. The van der Waals surface area contributed by atoms with E-state index in [1.54, 1.807) is 0 Å². The van der Waals surface area contributed by atoms with Crippen molar-refractivity contribution in [1.82, 2.24) is 5.32 Å². The van der Waals surface area contributed by atoms with Gasteiger partial charge in [0.25, 0.3) is 0 Å². The van der Waals surface area contributed by atoms with E-state index in [9.17, 15) is 9.90 Å². The summed E-state index contributed by atoms with van der Waals surface area (Å²) in [5, 5.41) is 13.5. The van der Waals surface area contributed by atoms with Crippen LogP contribution in [0.1, 0.15) is 138 Å². The average Bonchev–Trinajstić information content (AvgIpc) is 2.90. The summed E-state index contributed by atoms with van der Waals surface area (Å²) in [6.45, 7) is 17.3. The molecule has 256 valence electrons. The molecule has 0 heterocycles. The Hall–Kier alpha value is -0.990. The van der Waals surface area contributed by atoms with Gasteiger partial charge >= 0.3 is 0 Å². The average molecular weight is 614 g/mol. The molecule has 0 aromatic rings. The van der Waals surface area contributed by atoms with Crippen molar-refractivity contribution in [1.29, 1.82) is 0 Å². The van der Waals surface area contributed by atoms with Crippen LogP contribution in [0.5, 0.6) is 0 Å². The van der Waals surface area contributed by atoms with Crippen LogP contribution >= 0.6 is 0 Å². The lowest BCUT2D eigenvalue weighted by molar-refractivity contribution is -0.892. The number of hydrogen-bond donors (Lipinski definition) is 2. The van der Waals surface area contributed by atoms with Crippen molar-refractivity contribution in [2.45, 2.75) is 162 Å². The summed E-state index contributed by atoms with van der Waals surface area (Å²) < 4.78 is 18.5. The summed E-state index contributed by atoms with van der Waals surface area (Å²) in [5.41, 5.74) is -0.576. The van der Waals surface area contributed by atoms with Gasteiger partial charge in [-0.25, -0.2) is 0 Å². The SMILES string of the molecule is CCCCCCCC/C=C\CCCCCCCC(=O)NCC[N+](C)(C)CC(COC(C)(C)C)OCC(O)COC(C)(C)C. The summed E-state index contributed by atoms with van der Waals surface area (Å²) in [4.78, 5) is 12.4. The molecule has 0 fully saturated rings. The lowest BCUT2D eigenvalue weighted by Gasteiger charge is -2.35. The van der Waals surface area contributed by atoms with Crippen molar-refractivity contribution >= 4 is 5.91 Å². The normalized spacial score (nSPS) is 14.4. The van der Waals surface area contributed by atoms with Gasteiger partial charge in [0, 0.05) is 6.42 Å². The Balaban J connectivity index is 4.14. The number of aliphatic hydroxyl groups excluding tert-OH is 1. The van der Waals surface area contributed by atoms with Gasteiger partial charge < -0.3 is 29.1 Å². The molecular formula is C36H73N2O5+. The predicted octanol–water partition coefficient (Wildman–Crippen LogP) is 7.59. The van der Waals surface area contributed by atoms with Crippen LogP contribution in [0.15, 0.2) is 12.2 Å². The molecule has 0 aromatic carbocycles. The molecule has 2 N–H and O–H groups in total.